The monoisotopic (exact) mass is 363 g/mol. The number of benzene rings is 1. The number of piperidine rings is 1. The van der Waals surface area contributed by atoms with E-state index < -0.39 is 0 Å². The lowest BCUT2D eigenvalue weighted by Gasteiger charge is -2.27. The molecule has 3 rings (SSSR count). The highest BCUT2D eigenvalue weighted by Gasteiger charge is 2.36. The average molecular weight is 364 g/mol. The Morgan fingerprint density at radius 3 is 2.83 bits per heavy atom. The minimum atomic E-state index is -0.259. The van der Waals surface area contributed by atoms with Crippen molar-refractivity contribution in [2.75, 3.05) is 28.4 Å². The summed E-state index contributed by atoms with van der Waals surface area (Å²) < 4.78 is 0. The van der Waals surface area contributed by atoms with Gasteiger partial charge in [-0.2, -0.15) is 11.8 Å². The number of carbonyl (C=O) groups excluding carboxylic acids is 2. The minimum absolute atomic E-state index is 0.0174. The standard InChI is InChI=1S/C17H21N3O2S2/c1-24-10-8-14-16(22)20(17(23)18-14)13-6-4-5-12(11-13)19-9-3-2-7-15(19)21/h4-6,11,14H,2-3,7-10H2,1H3,(H,18,23)/t14-/m1/s1. The van der Waals surface area contributed by atoms with Crippen LogP contribution in [0.15, 0.2) is 24.3 Å². The molecule has 0 radical (unpaired) electrons. The first-order chi connectivity index (χ1) is 11.6. The largest absolute Gasteiger partial charge is 0.350 e. The fraction of sp³-hybridized carbons (Fsp3) is 0.471. The first kappa shape index (κ1) is 17.2. The molecule has 1 aromatic carbocycles. The van der Waals surface area contributed by atoms with Gasteiger partial charge in [0, 0.05) is 18.7 Å². The Morgan fingerprint density at radius 2 is 2.08 bits per heavy atom. The van der Waals surface area contributed by atoms with Crippen LogP contribution in [0.5, 0.6) is 0 Å². The molecule has 1 N–H and O–H groups in total. The molecule has 2 amide bonds. The number of nitrogens with zero attached hydrogens (tertiary/aromatic N) is 2. The van der Waals surface area contributed by atoms with E-state index in [9.17, 15) is 9.59 Å². The lowest BCUT2D eigenvalue weighted by molar-refractivity contribution is -0.119. The molecule has 0 aromatic heterocycles. The second-order valence-corrected chi connectivity index (χ2v) is 7.35. The smallest absolute Gasteiger partial charge is 0.255 e. The highest BCUT2D eigenvalue weighted by molar-refractivity contribution is 7.98. The van der Waals surface area contributed by atoms with Gasteiger partial charge in [-0.05, 0) is 61.7 Å². The van der Waals surface area contributed by atoms with Gasteiger partial charge in [-0.3, -0.25) is 14.5 Å². The third-order valence-electron chi connectivity index (χ3n) is 4.35. The quantitative estimate of drug-likeness (QED) is 0.815. The van der Waals surface area contributed by atoms with Gasteiger partial charge in [-0.1, -0.05) is 6.07 Å². The lowest BCUT2D eigenvalue weighted by atomic mass is 10.1. The third kappa shape index (κ3) is 3.42. The van der Waals surface area contributed by atoms with E-state index >= 15 is 0 Å². The number of rotatable bonds is 5. The van der Waals surface area contributed by atoms with Crippen LogP contribution in [0.3, 0.4) is 0 Å². The number of carbonyl (C=O) groups is 2. The predicted molar refractivity (Wildman–Crippen MR) is 103 cm³/mol. The number of thioether (sulfide) groups is 1. The zero-order valence-electron chi connectivity index (χ0n) is 13.7. The molecule has 0 spiro atoms. The molecule has 2 heterocycles. The zero-order valence-corrected chi connectivity index (χ0v) is 15.3. The van der Waals surface area contributed by atoms with Crippen LogP contribution in [0, 0.1) is 0 Å². The maximum Gasteiger partial charge on any atom is 0.255 e. The van der Waals surface area contributed by atoms with Gasteiger partial charge in [0.1, 0.15) is 6.04 Å². The van der Waals surface area contributed by atoms with Gasteiger partial charge >= 0.3 is 0 Å². The molecule has 1 atom stereocenters. The molecule has 2 aliphatic rings. The van der Waals surface area contributed by atoms with E-state index in [1.165, 1.54) is 0 Å². The van der Waals surface area contributed by atoms with Gasteiger partial charge in [0.15, 0.2) is 5.11 Å². The topological polar surface area (TPSA) is 52.6 Å². The number of anilines is 2. The van der Waals surface area contributed by atoms with Gasteiger partial charge in [-0.15, -0.1) is 0 Å². The molecule has 2 aliphatic heterocycles. The Bertz CT molecular complexity index is 665. The second kappa shape index (κ2) is 7.53. The van der Waals surface area contributed by atoms with Crippen LogP contribution in [-0.4, -0.2) is 41.5 Å². The molecule has 7 heteroatoms. The Morgan fingerprint density at radius 1 is 1.29 bits per heavy atom. The van der Waals surface area contributed by atoms with Gasteiger partial charge in [0.25, 0.3) is 5.91 Å². The molecule has 5 nitrogen and oxygen atoms in total. The SMILES string of the molecule is CSCC[C@H]1NC(=S)N(c2cccc(N3CCCCC3=O)c2)C1=O. The normalized spacial score (nSPS) is 21.4. The number of hydrogen-bond acceptors (Lipinski definition) is 4. The number of hydrogen-bond donors (Lipinski definition) is 1. The number of thiocarbonyl (C=S) groups is 1. The zero-order chi connectivity index (χ0) is 17.1. The van der Waals surface area contributed by atoms with Crippen molar-refractivity contribution in [2.24, 2.45) is 0 Å². The highest BCUT2D eigenvalue weighted by Crippen LogP contribution is 2.28. The molecule has 0 aliphatic carbocycles. The predicted octanol–water partition coefficient (Wildman–Crippen LogP) is 2.55. The Balaban J connectivity index is 1.82. The van der Waals surface area contributed by atoms with Crippen LogP contribution in [0.1, 0.15) is 25.7 Å². The average Bonchev–Trinajstić information content (AvgIpc) is 2.87. The third-order valence-corrected chi connectivity index (χ3v) is 5.30. The summed E-state index contributed by atoms with van der Waals surface area (Å²) in [7, 11) is 0. The van der Waals surface area contributed by atoms with Crippen molar-refractivity contribution < 1.29 is 9.59 Å². The summed E-state index contributed by atoms with van der Waals surface area (Å²) >= 11 is 7.07. The van der Waals surface area contributed by atoms with E-state index in [4.69, 9.17) is 12.2 Å². The molecular formula is C17H21N3O2S2. The van der Waals surface area contributed by atoms with Gasteiger partial charge in [-0.25, -0.2) is 0 Å². The van der Waals surface area contributed by atoms with Crippen molar-refractivity contribution in [3.63, 3.8) is 0 Å². The molecule has 0 saturated carbocycles. The summed E-state index contributed by atoms with van der Waals surface area (Å²) in [5.41, 5.74) is 1.56. The van der Waals surface area contributed by atoms with Crippen LogP contribution in [-0.2, 0) is 9.59 Å². The molecule has 24 heavy (non-hydrogen) atoms. The molecule has 0 bridgehead atoms. The van der Waals surface area contributed by atoms with Crippen molar-refractivity contribution in [1.82, 2.24) is 5.32 Å². The van der Waals surface area contributed by atoms with E-state index in [2.05, 4.69) is 5.32 Å². The van der Waals surface area contributed by atoms with Crippen molar-refractivity contribution in [2.45, 2.75) is 31.7 Å². The minimum Gasteiger partial charge on any atom is -0.350 e. The van der Waals surface area contributed by atoms with Crippen molar-refractivity contribution in [3.8, 4) is 0 Å². The Labute approximate surface area is 151 Å². The maximum absolute atomic E-state index is 12.7. The van der Waals surface area contributed by atoms with Crippen LogP contribution >= 0.6 is 24.0 Å². The molecular weight excluding hydrogens is 342 g/mol. The van der Waals surface area contributed by atoms with E-state index in [-0.39, 0.29) is 17.9 Å². The Kier molecular flexibility index (Phi) is 5.40. The summed E-state index contributed by atoms with van der Waals surface area (Å²) in [5.74, 6) is 1.03. The fourth-order valence-corrected chi connectivity index (χ4v) is 3.90. The van der Waals surface area contributed by atoms with Gasteiger partial charge in [0.05, 0.1) is 5.69 Å². The van der Waals surface area contributed by atoms with Crippen molar-refractivity contribution in [1.29, 1.82) is 0 Å². The van der Waals surface area contributed by atoms with E-state index in [1.54, 1.807) is 21.6 Å². The first-order valence-corrected chi connectivity index (χ1v) is 9.96. The summed E-state index contributed by atoms with van der Waals surface area (Å²) in [6, 6.07) is 7.27. The van der Waals surface area contributed by atoms with Crippen LogP contribution in [0.25, 0.3) is 0 Å². The summed E-state index contributed by atoms with van der Waals surface area (Å²) in [6.07, 6.45) is 5.32. The van der Waals surface area contributed by atoms with Gasteiger partial charge in [0.2, 0.25) is 5.91 Å². The first-order valence-electron chi connectivity index (χ1n) is 8.15. The second-order valence-electron chi connectivity index (χ2n) is 5.98. The fourth-order valence-electron chi connectivity index (χ4n) is 3.09. The number of amides is 2. The molecule has 2 fully saturated rings. The highest BCUT2D eigenvalue weighted by atomic mass is 32.2. The Hall–Kier alpha value is -1.60. The molecule has 128 valence electrons. The lowest BCUT2D eigenvalue weighted by Crippen LogP contribution is -2.35. The van der Waals surface area contributed by atoms with Crippen LogP contribution in [0.4, 0.5) is 11.4 Å². The summed E-state index contributed by atoms with van der Waals surface area (Å²) in [4.78, 5) is 28.1. The molecule has 0 unspecified atom stereocenters. The maximum atomic E-state index is 12.7. The van der Waals surface area contributed by atoms with E-state index in [0.29, 0.717) is 11.5 Å². The van der Waals surface area contributed by atoms with Crippen molar-refractivity contribution in [3.05, 3.63) is 24.3 Å². The summed E-state index contributed by atoms with van der Waals surface area (Å²) in [5, 5.41) is 3.55. The van der Waals surface area contributed by atoms with Crippen LogP contribution in [0.2, 0.25) is 0 Å². The van der Waals surface area contributed by atoms with Gasteiger partial charge < -0.3 is 10.2 Å². The summed E-state index contributed by atoms with van der Waals surface area (Å²) in [6.45, 7) is 0.731. The van der Waals surface area contributed by atoms with E-state index in [1.807, 2.05) is 30.5 Å². The molecule has 1 aromatic rings. The van der Waals surface area contributed by atoms with E-state index in [0.717, 1.165) is 42.9 Å². The van der Waals surface area contributed by atoms with Crippen LogP contribution < -0.4 is 15.1 Å². The van der Waals surface area contributed by atoms with Crippen molar-refractivity contribution >= 4 is 52.3 Å². The molecule has 2 saturated heterocycles. The number of nitrogens with one attached hydrogen (secondary N) is 1.